The summed E-state index contributed by atoms with van der Waals surface area (Å²) in [4.78, 5) is 17.5. The zero-order chi connectivity index (χ0) is 21.1. The van der Waals surface area contributed by atoms with E-state index in [4.69, 9.17) is 0 Å². The summed E-state index contributed by atoms with van der Waals surface area (Å²) in [5.41, 5.74) is 3.05. The van der Waals surface area contributed by atoms with Gasteiger partial charge in [0.2, 0.25) is 0 Å². The van der Waals surface area contributed by atoms with Crippen LogP contribution in [0.3, 0.4) is 0 Å². The van der Waals surface area contributed by atoms with Gasteiger partial charge in [-0.2, -0.15) is 0 Å². The summed E-state index contributed by atoms with van der Waals surface area (Å²) >= 11 is 0. The van der Waals surface area contributed by atoms with Crippen molar-refractivity contribution in [3.8, 4) is 22.8 Å². The molecule has 3 aromatic rings. The Morgan fingerprint density at radius 3 is 2.80 bits per heavy atom. The van der Waals surface area contributed by atoms with Gasteiger partial charge >= 0.3 is 6.03 Å². The normalized spacial score (nSPS) is 16.5. The van der Waals surface area contributed by atoms with Crippen molar-refractivity contribution in [2.24, 2.45) is 0 Å². The number of hydrogen-bond donors (Lipinski definition) is 5. The van der Waals surface area contributed by atoms with Crippen molar-refractivity contribution in [1.82, 2.24) is 20.5 Å². The zero-order valence-electron chi connectivity index (χ0n) is 17.1. The number of benzene rings is 2. The summed E-state index contributed by atoms with van der Waals surface area (Å²) in [6.45, 7) is 2.22. The molecule has 0 radical (unpaired) electrons. The highest BCUT2D eigenvalue weighted by Crippen LogP contribution is 2.36. The van der Waals surface area contributed by atoms with E-state index in [1.165, 1.54) is 6.07 Å². The van der Waals surface area contributed by atoms with Crippen LogP contribution in [-0.2, 0) is 6.42 Å². The predicted octanol–water partition coefficient (Wildman–Crippen LogP) is 3.18. The van der Waals surface area contributed by atoms with Gasteiger partial charge in [-0.25, -0.2) is 4.79 Å². The maximum atomic E-state index is 12.4. The third kappa shape index (κ3) is 4.21. The molecule has 1 atom stereocenters. The molecule has 0 aliphatic carbocycles. The maximum Gasteiger partial charge on any atom is 0.317 e. The first-order valence-electron chi connectivity index (χ1n) is 10.4. The number of nitrogens with one attached hydrogen (secondary N) is 3. The van der Waals surface area contributed by atoms with E-state index >= 15 is 0 Å². The van der Waals surface area contributed by atoms with Crippen molar-refractivity contribution in [1.29, 1.82) is 0 Å². The number of rotatable bonds is 5. The SMILES string of the molecule is CN(C(=O)NCCc1cc(-c2cc3ccccc3[nH]2)c(O)cc1O)[C@@H]1CCCNC1. The minimum atomic E-state index is -0.113. The molecule has 0 saturated carbocycles. The Morgan fingerprint density at radius 2 is 2.03 bits per heavy atom. The highest BCUT2D eigenvalue weighted by Gasteiger charge is 2.21. The van der Waals surface area contributed by atoms with Gasteiger partial charge in [0.1, 0.15) is 11.5 Å². The van der Waals surface area contributed by atoms with Gasteiger partial charge in [0, 0.05) is 48.7 Å². The number of amides is 2. The molecule has 0 spiro atoms. The van der Waals surface area contributed by atoms with Gasteiger partial charge in [-0.15, -0.1) is 0 Å². The van der Waals surface area contributed by atoms with E-state index in [-0.39, 0.29) is 23.6 Å². The van der Waals surface area contributed by atoms with E-state index in [9.17, 15) is 15.0 Å². The Labute approximate surface area is 175 Å². The molecule has 1 aliphatic heterocycles. The average Bonchev–Trinajstić information content (AvgIpc) is 3.19. The lowest BCUT2D eigenvalue weighted by Crippen LogP contribution is -2.50. The van der Waals surface area contributed by atoms with Crippen LogP contribution in [0.2, 0.25) is 0 Å². The predicted molar refractivity (Wildman–Crippen MR) is 118 cm³/mol. The van der Waals surface area contributed by atoms with Crippen LogP contribution >= 0.6 is 0 Å². The number of phenolic OH excluding ortho intramolecular Hbond substituents is 2. The maximum absolute atomic E-state index is 12.4. The Kier molecular flexibility index (Phi) is 5.81. The number of aromatic hydroxyl groups is 2. The molecule has 2 aromatic carbocycles. The fourth-order valence-corrected chi connectivity index (χ4v) is 4.02. The minimum absolute atomic E-state index is 0.0105. The third-order valence-electron chi connectivity index (χ3n) is 5.83. The number of H-pyrrole nitrogens is 1. The number of aromatic nitrogens is 1. The molecule has 30 heavy (non-hydrogen) atoms. The molecule has 1 fully saturated rings. The second-order valence-electron chi connectivity index (χ2n) is 7.86. The van der Waals surface area contributed by atoms with Crippen LogP contribution in [0, 0.1) is 0 Å². The number of likely N-dealkylation sites (N-methyl/N-ethyl adjacent to an activating group) is 1. The number of phenols is 2. The number of urea groups is 1. The molecule has 1 aromatic heterocycles. The molecule has 2 amide bonds. The molecule has 7 nitrogen and oxygen atoms in total. The van der Waals surface area contributed by atoms with Crippen LogP contribution in [0.15, 0.2) is 42.5 Å². The second kappa shape index (κ2) is 8.67. The summed E-state index contributed by atoms with van der Waals surface area (Å²) in [6, 6.07) is 13.1. The Hall–Kier alpha value is -3.19. The van der Waals surface area contributed by atoms with Crippen LogP contribution in [-0.4, -0.2) is 58.9 Å². The van der Waals surface area contributed by atoms with Gasteiger partial charge in [0.25, 0.3) is 0 Å². The number of hydrogen-bond acceptors (Lipinski definition) is 4. The van der Waals surface area contributed by atoms with Gasteiger partial charge in [-0.3, -0.25) is 0 Å². The molecule has 5 N–H and O–H groups in total. The molecular weight excluding hydrogens is 380 g/mol. The van der Waals surface area contributed by atoms with E-state index in [0.717, 1.165) is 42.5 Å². The summed E-state index contributed by atoms with van der Waals surface area (Å²) in [7, 11) is 1.82. The van der Waals surface area contributed by atoms with Gasteiger partial charge in [0.05, 0.1) is 5.69 Å². The van der Waals surface area contributed by atoms with Gasteiger partial charge < -0.3 is 30.7 Å². The lowest BCUT2D eigenvalue weighted by atomic mass is 10.0. The van der Waals surface area contributed by atoms with E-state index in [0.29, 0.717) is 24.1 Å². The Bertz CT molecular complexity index is 1010. The number of piperidine rings is 1. The van der Waals surface area contributed by atoms with Gasteiger partial charge in [-0.05, 0) is 49.6 Å². The largest absolute Gasteiger partial charge is 0.508 e. The quantitative estimate of drug-likeness (QED) is 0.448. The lowest BCUT2D eigenvalue weighted by molar-refractivity contribution is 0.178. The number of nitrogens with zero attached hydrogens (tertiary/aromatic N) is 1. The summed E-state index contributed by atoms with van der Waals surface area (Å²) < 4.78 is 0. The van der Waals surface area contributed by atoms with Crippen molar-refractivity contribution in [3.63, 3.8) is 0 Å². The standard InChI is InChI=1S/C23H28N4O3/c1-27(17-6-4-9-24-14-17)23(30)25-10-8-16-11-18(22(29)13-21(16)28)20-12-15-5-2-3-7-19(15)26-20/h2-3,5,7,11-13,17,24,26,28-29H,4,6,8-10,14H2,1H3,(H,25,30)/t17-/m1/s1. The summed E-state index contributed by atoms with van der Waals surface area (Å²) in [5.74, 6) is 0.0304. The van der Waals surface area contributed by atoms with Crippen LogP contribution in [0.1, 0.15) is 18.4 Å². The molecule has 158 valence electrons. The minimum Gasteiger partial charge on any atom is -0.508 e. The van der Waals surface area contributed by atoms with Crippen LogP contribution in [0.5, 0.6) is 11.5 Å². The van der Waals surface area contributed by atoms with Gasteiger partial charge in [-0.1, -0.05) is 18.2 Å². The highest BCUT2D eigenvalue weighted by atomic mass is 16.3. The molecule has 0 bridgehead atoms. The smallest absolute Gasteiger partial charge is 0.317 e. The number of aromatic amines is 1. The topological polar surface area (TPSA) is 101 Å². The van der Waals surface area contributed by atoms with E-state index in [1.807, 2.05) is 37.4 Å². The fraction of sp³-hybridized carbons (Fsp3) is 0.348. The lowest BCUT2D eigenvalue weighted by Gasteiger charge is -2.31. The van der Waals surface area contributed by atoms with Crippen LogP contribution in [0.4, 0.5) is 4.79 Å². The summed E-state index contributed by atoms with van der Waals surface area (Å²) in [6.07, 6.45) is 2.53. The first-order chi connectivity index (χ1) is 14.5. The van der Waals surface area contributed by atoms with Crippen molar-refractivity contribution in [2.75, 3.05) is 26.7 Å². The molecule has 0 unspecified atom stereocenters. The first kappa shape index (κ1) is 20.1. The van der Waals surface area contributed by atoms with Gasteiger partial charge in [0.15, 0.2) is 0 Å². The van der Waals surface area contributed by atoms with Crippen molar-refractivity contribution >= 4 is 16.9 Å². The Balaban J connectivity index is 1.44. The second-order valence-corrected chi connectivity index (χ2v) is 7.86. The fourth-order valence-electron chi connectivity index (χ4n) is 4.02. The third-order valence-corrected chi connectivity index (χ3v) is 5.83. The number of para-hydroxylation sites is 1. The summed E-state index contributed by atoms with van der Waals surface area (Å²) in [5, 5.41) is 27.9. The molecule has 2 heterocycles. The number of carbonyl (C=O) groups is 1. The molecule has 1 saturated heterocycles. The molecule has 7 heteroatoms. The van der Waals surface area contributed by atoms with E-state index in [1.54, 1.807) is 11.0 Å². The zero-order valence-corrected chi connectivity index (χ0v) is 17.1. The van der Waals surface area contributed by atoms with Crippen molar-refractivity contribution < 1.29 is 15.0 Å². The molecule has 1 aliphatic rings. The number of carbonyl (C=O) groups excluding carboxylic acids is 1. The van der Waals surface area contributed by atoms with Crippen molar-refractivity contribution in [2.45, 2.75) is 25.3 Å². The first-order valence-corrected chi connectivity index (χ1v) is 10.4. The molecule has 4 rings (SSSR count). The van der Waals surface area contributed by atoms with Crippen molar-refractivity contribution in [3.05, 3.63) is 48.0 Å². The highest BCUT2D eigenvalue weighted by molar-refractivity contribution is 5.87. The Morgan fingerprint density at radius 1 is 1.20 bits per heavy atom. The monoisotopic (exact) mass is 408 g/mol. The van der Waals surface area contributed by atoms with Crippen LogP contribution < -0.4 is 10.6 Å². The average molecular weight is 409 g/mol. The van der Waals surface area contributed by atoms with Crippen LogP contribution in [0.25, 0.3) is 22.2 Å². The van der Waals surface area contributed by atoms with E-state index in [2.05, 4.69) is 15.6 Å². The molecular formula is C23H28N4O3. The van der Waals surface area contributed by atoms with E-state index < -0.39 is 0 Å². The number of fused-ring (bicyclic) bond motifs is 1.